The van der Waals surface area contributed by atoms with Crippen LogP contribution in [0.25, 0.3) is 0 Å². The highest BCUT2D eigenvalue weighted by Gasteiger charge is 2.16. The normalized spacial score (nSPS) is 32.7. The monoisotopic (exact) mass is 156 g/mol. The zero-order valence-electron chi connectivity index (χ0n) is 7.85. The van der Waals surface area contributed by atoms with E-state index >= 15 is 0 Å². The van der Waals surface area contributed by atoms with Crippen molar-refractivity contribution in [2.45, 2.75) is 39.3 Å². The maximum atomic E-state index is 3.54. The summed E-state index contributed by atoms with van der Waals surface area (Å²) in [7, 11) is 0. The fourth-order valence-corrected chi connectivity index (χ4v) is 1.57. The fourth-order valence-electron chi connectivity index (χ4n) is 1.57. The molecule has 2 N–H and O–H groups in total. The Morgan fingerprint density at radius 3 is 2.45 bits per heavy atom. The van der Waals surface area contributed by atoms with Gasteiger partial charge in [-0.25, -0.2) is 0 Å². The van der Waals surface area contributed by atoms with Gasteiger partial charge in [0.25, 0.3) is 0 Å². The van der Waals surface area contributed by atoms with E-state index in [-0.39, 0.29) is 0 Å². The number of hydrogen-bond donors (Lipinski definition) is 2. The molecule has 1 heterocycles. The molecular formula is C9H20N2. The van der Waals surface area contributed by atoms with E-state index in [4.69, 9.17) is 0 Å². The summed E-state index contributed by atoms with van der Waals surface area (Å²) in [4.78, 5) is 0. The zero-order chi connectivity index (χ0) is 8.27. The van der Waals surface area contributed by atoms with Gasteiger partial charge in [-0.05, 0) is 19.3 Å². The summed E-state index contributed by atoms with van der Waals surface area (Å²) in [5.74, 6) is 0.808. The van der Waals surface area contributed by atoms with Crippen molar-refractivity contribution in [3.8, 4) is 0 Å². The average Bonchev–Trinajstić information content (AvgIpc) is 1.93. The molecular weight excluding hydrogens is 136 g/mol. The van der Waals surface area contributed by atoms with Crippen LogP contribution in [0.1, 0.15) is 27.2 Å². The third-order valence-corrected chi connectivity index (χ3v) is 2.18. The summed E-state index contributed by atoms with van der Waals surface area (Å²) in [5.41, 5.74) is 0. The summed E-state index contributed by atoms with van der Waals surface area (Å²) in [6.45, 7) is 9.04. The molecule has 2 heteroatoms. The Morgan fingerprint density at radius 2 is 2.00 bits per heavy atom. The molecule has 0 aromatic carbocycles. The lowest BCUT2D eigenvalue weighted by molar-refractivity contribution is 0.322. The highest BCUT2D eigenvalue weighted by Crippen LogP contribution is 2.06. The highest BCUT2D eigenvalue weighted by molar-refractivity contribution is 4.80. The van der Waals surface area contributed by atoms with Gasteiger partial charge in [0.1, 0.15) is 0 Å². The van der Waals surface area contributed by atoms with Crippen molar-refractivity contribution in [2.24, 2.45) is 5.92 Å². The van der Waals surface area contributed by atoms with Crippen molar-refractivity contribution in [3.63, 3.8) is 0 Å². The molecule has 2 atom stereocenters. The average molecular weight is 156 g/mol. The molecule has 1 rings (SSSR count). The summed E-state index contributed by atoms with van der Waals surface area (Å²) < 4.78 is 0. The first-order chi connectivity index (χ1) is 5.18. The molecule has 0 aliphatic carbocycles. The van der Waals surface area contributed by atoms with Gasteiger partial charge in [-0.15, -0.1) is 0 Å². The van der Waals surface area contributed by atoms with Gasteiger partial charge in [0.2, 0.25) is 0 Å². The molecule has 0 bridgehead atoms. The Bertz CT molecular complexity index is 104. The summed E-state index contributed by atoms with van der Waals surface area (Å²) in [6.07, 6.45) is 1.29. The van der Waals surface area contributed by atoms with Gasteiger partial charge in [0, 0.05) is 25.2 Å². The molecule has 66 valence electrons. The topological polar surface area (TPSA) is 24.1 Å². The Hall–Kier alpha value is -0.0800. The van der Waals surface area contributed by atoms with Crippen LogP contribution in [0.5, 0.6) is 0 Å². The maximum absolute atomic E-state index is 3.54. The number of piperazine rings is 1. The molecule has 0 radical (unpaired) electrons. The van der Waals surface area contributed by atoms with E-state index in [0.717, 1.165) is 19.0 Å². The molecule has 1 fully saturated rings. The van der Waals surface area contributed by atoms with E-state index in [0.29, 0.717) is 12.1 Å². The quantitative estimate of drug-likeness (QED) is 0.623. The standard InChI is InChI=1S/C9H20N2/c1-7(2)4-9-6-10-8(3)5-11-9/h7-11H,4-6H2,1-3H3/t8-,9-/m0/s1. The van der Waals surface area contributed by atoms with Gasteiger partial charge in [0.05, 0.1) is 0 Å². The first-order valence-electron chi connectivity index (χ1n) is 4.65. The number of hydrogen-bond acceptors (Lipinski definition) is 2. The maximum Gasteiger partial charge on any atom is 0.0195 e. The van der Waals surface area contributed by atoms with Crippen LogP contribution < -0.4 is 10.6 Å². The minimum Gasteiger partial charge on any atom is -0.311 e. The SMILES string of the molecule is CC(C)C[C@H]1CN[C@@H](C)CN1. The summed E-state index contributed by atoms with van der Waals surface area (Å²) in [6, 6.07) is 1.35. The van der Waals surface area contributed by atoms with Crippen molar-refractivity contribution < 1.29 is 0 Å². The van der Waals surface area contributed by atoms with Crippen LogP contribution in [0, 0.1) is 5.92 Å². The van der Waals surface area contributed by atoms with Crippen LogP contribution in [0.15, 0.2) is 0 Å². The molecule has 1 aliphatic rings. The van der Waals surface area contributed by atoms with Gasteiger partial charge < -0.3 is 10.6 Å². The number of nitrogens with one attached hydrogen (secondary N) is 2. The lowest BCUT2D eigenvalue weighted by Crippen LogP contribution is -2.53. The Labute approximate surface area is 69.8 Å². The van der Waals surface area contributed by atoms with Gasteiger partial charge >= 0.3 is 0 Å². The third kappa shape index (κ3) is 3.21. The largest absolute Gasteiger partial charge is 0.311 e. The Kier molecular flexibility index (Phi) is 3.34. The van der Waals surface area contributed by atoms with Gasteiger partial charge in [-0.2, -0.15) is 0 Å². The minimum atomic E-state index is 0.651. The molecule has 0 spiro atoms. The van der Waals surface area contributed by atoms with Crippen LogP contribution in [-0.2, 0) is 0 Å². The first-order valence-corrected chi connectivity index (χ1v) is 4.65. The molecule has 0 aromatic heterocycles. The van der Waals surface area contributed by atoms with Crippen LogP contribution in [0.4, 0.5) is 0 Å². The molecule has 0 unspecified atom stereocenters. The lowest BCUT2D eigenvalue weighted by Gasteiger charge is -2.30. The molecule has 0 saturated carbocycles. The zero-order valence-corrected chi connectivity index (χ0v) is 7.85. The van der Waals surface area contributed by atoms with E-state index < -0.39 is 0 Å². The first kappa shape index (κ1) is 9.01. The van der Waals surface area contributed by atoms with Crippen molar-refractivity contribution >= 4 is 0 Å². The second-order valence-electron chi connectivity index (χ2n) is 4.04. The van der Waals surface area contributed by atoms with E-state index in [1.807, 2.05) is 0 Å². The second kappa shape index (κ2) is 4.07. The molecule has 1 aliphatic heterocycles. The van der Waals surface area contributed by atoms with E-state index in [9.17, 15) is 0 Å². The number of rotatable bonds is 2. The van der Waals surface area contributed by atoms with Crippen molar-refractivity contribution in [1.29, 1.82) is 0 Å². The van der Waals surface area contributed by atoms with Gasteiger partial charge in [0.15, 0.2) is 0 Å². The molecule has 0 aromatic rings. The molecule has 1 saturated heterocycles. The van der Waals surface area contributed by atoms with Gasteiger partial charge in [-0.1, -0.05) is 13.8 Å². The van der Waals surface area contributed by atoms with Crippen LogP contribution in [0.3, 0.4) is 0 Å². The predicted molar refractivity (Wildman–Crippen MR) is 48.7 cm³/mol. The van der Waals surface area contributed by atoms with E-state index in [2.05, 4.69) is 31.4 Å². The third-order valence-electron chi connectivity index (χ3n) is 2.18. The smallest absolute Gasteiger partial charge is 0.0195 e. The van der Waals surface area contributed by atoms with E-state index in [1.54, 1.807) is 0 Å². The minimum absolute atomic E-state index is 0.651. The second-order valence-corrected chi connectivity index (χ2v) is 4.04. The van der Waals surface area contributed by atoms with Crippen molar-refractivity contribution in [2.75, 3.05) is 13.1 Å². The summed E-state index contributed by atoms with van der Waals surface area (Å²) in [5, 5.41) is 7.01. The molecule has 11 heavy (non-hydrogen) atoms. The van der Waals surface area contributed by atoms with Crippen LogP contribution >= 0.6 is 0 Å². The van der Waals surface area contributed by atoms with Gasteiger partial charge in [-0.3, -0.25) is 0 Å². The highest BCUT2D eigenvalue weighted by atomic mass is 15.1. The van der Waals surface area contributed by atoms with Crippen LogP contribution in [-0.4, -0.2) is 25.2 Å². The van der Waals surface area contributed by atoms with Crippen molar-refractivity contribution in [3.05, 3.63) is 0 Å². The molecule has 0 amide bonds. The summed E-state index contributed by atoms with van der Waals surface area (Å²) >= 11 is 0. The fraction of sp³-hybridized carbons (Fsp3) is 1.00. The van der Waals surface area contributed by atoms with Crippen LogP contribution in [0.2, 0.25) is 0 Å². The van der Waals surface area contributed by atoms with E-state index in [1.165, 1.54) is 6.42 Å². The predicted octanol–water partition coefficient (Wildman–Crippen LogP) is 0.982. The molecule has 2 nitrogen and oxygen atoms in total. The lowest BCUT2D eigenvalue weighted by atomic mass is 10.0. The van der Waals surface area contributed by atoms with Crippen molar-refractivity contribution in [1.82, 2.24) is 10.6 Å². The Balaban J connectivity index is 2.17. The Morgan fingerprint density at radius 1 is 1.27 bits per heavy atom.